The molecule has 2 aromatic carbocycles. The van der Waals surface area contributed by atoms with E-state index in [9.17, 15) is 18.0 Å². The highest BCUT2D eigenvalue weighted by Crippen LogP contribution is 2.27. The number of fused-ring (bicyclic) bond motifs is 1. The van der Waals surface area contributed by atoms with Crippen LogP contribution in [0.5, 0.6) is 0 Å². The Labute approximate surface area is 202 Å². The Morgan fingerprint density at radius 2 is 1.66 bits per heavy atom. The molecule has 0 radical (unpaired) electrons. The van der Waals surface area contributed by atoms with E-state index in [-0.39, 0.29) is 29.2 Å². The average molecular weight is 496 g/mol. The van der Waals surface area contributed by atoms with Gasteiger partial charge in [-0.05, 0) is 49.6 Å². The molecule has 10 nitrogen and oxygen atoms in total. The first-order valence-corrected chi connectivity index (χ1v) is 12.8. The molecule has 0 saturated carbocycles. The van der Waals surface area contributed by atoms with Crippen molar-refractivity contribution in [2.24, 2.45) is 0 Å². The largest absolute Gasteiger partial charge is 0.379 e. The molecule has 1 aliphatic heterocycles. The lowest BCUT2D eigenvalue weighted by Gasteiger charge is -2.26. The number of hydrogen-bond acceptors (Lipinski definition) is 6. The number of hydrogen-bond donors (Lipinski definition) is 2. The summed E-state index contributed by atoms with van der Waals surface area (Å²) in [6, 6.07) is 15.3. The predicted molar refractivity (Wildman–Crippen MR) is 127 cm³/mol. The molecule has 182 valence electrons. The number of nitrogens with zero attached hydrogens (tertiary/aromatic N) is 3. The van der Waals surface area contributed by atoms with Gasteiger partial charge in [-0.1, -0.05) is 24.3 Å². The van der Waals surface area contributed by atoms with Crippen LogP contribution in [0.1, 0.15) is 38.5 Å². The smallest absolute Gasteiger partial charge is 0.290 e. The van der Waals surface area contributed by atoms with Crippen LogP contribution in [0.15, 0.2) is 59.5 Å². The van der Waals surface area contributed by atoms with Gasteiger partial charge in [-0.2, -0.15) is 9.40 Å². The van der Waals surface area contributed by atoms with Crippen molar-refractivity contribution in [3.05, 3.63) is 77.1 Å². The minimum absolute atomic E-state index is 0.0119. The molecule has 1 aromatic heterocycles. The molecule has 35 heavy (non-hydrogen) atoms. The lowest BCUT2D eigenvalue weighted by molar-refractivity contribution is 0.0730. The van der Waals surface area contributed by atoms with Gasteiger partial charge >= 0.3 is 0 Å². The second-order valence-corrected chi connectivity index (χ2v) is 10.3. The molecular formula is C24H25N5O5S. The third kappa shape index (κ3) is 4.57. The van der Waals surface area contributed by atoms with Crippen molar-refractivity contribution in [2.75, 3.05) is 26.3 Å². The molecule has 0 atom stereocenters. The molecule has 1 saturated heterocycles. The summed E-state index contributed by atoms with van der Waals surface area (Å²) < 4.78 is 34.1. The van der Waals surface area contributed by atoms with Gasteiger partial charge in [0, 0.05) is 29.9 Å². The summed E-state index contributed by atoms with van der Waals surface area (Å²) in [7, 11) is -3.75. The van der Waals surface area contributed by atoms with E-state index in [0.29, 0.717) is 13.2 Å². The normalized spacial score (nSPS) is 16.0. The van der Waals surface area contributed by atoms with Crippen LogP contribution in [0.25, 0.3) is 5.69 Å². The Bertz CT molecular complexity index is 1360. The summed E-state index contributed by atoms with van der Waals surface area (Å²) in [6.07, 6.45) is 2.48. The summed E-state index contributed by atoms with van der Waals surface area (Å²) in [6.45, 7) is 1.17. The van der Waals surface area contributed by atoms with Crippen LogP contribution in [0.4, 0.5) is 0 Å². The third-order valence-corrected chi connectivity index (χ3v) is 8.03. The molecular weight excluding hydrogens is 470 g/mol. The minimum atomic E-state index is -3.75. The number of rotatable bonds is 5. The average Bonchev–Trinajstić information content (AvgIpc) is 3.51. The van der Waals surface area contributed by atoms with Gasteiger partial charge in [0.2, 0.25) is 10.0 Å². The number of para-hydroxylation sites is 1. The van der Waals surface area contributed by atoms with Crippen molar-refractivity contribution < 1.29 is 22.7 Å². The quantitative estimate of drug-likeness (QED) is 0.517. The zero-order chi connectivity index (χ0) is 24.4. The van der Waals surface area contributed by atoms with Gasteiger partial charge in [0.15, 0.2) is 5.69 Å². The van der Waals surface area contributed by atoms with Crippen molar-refractivity contribution in [3.8, 4) is 5.69 Å². The van der Waals surface area contributed by atoms with Crippen LogP contribution in [0, 0.1) is 0 Å². The molecule has 0 spiro atoms. The number of morpholine rings is 1. The van der Waals surface area contributed by atoms with E-state index < -0.39 is 21.8 Å². The SMILES string of the molecule is O=C(NNC(=O)c1nn(-c2ccccc2)c2c1CCC2)c1cccc(S(=O)(=O)N2CCOCC2)c1. The monoisotopic (exact) mass is 495 g/mol. The Kier molecular flexibility index (Phi) is 6.37. The van der Waals surface area contributed by atoms with Gasteiger partial charge in [-0.3, -0.25) is 20.4 Å². The summed E-state index contributed by atoms with van der Waals surface area (Å²) in [4.78, 5) is 25.6. The number of aromatic nitrogens is 2. The zero-order valence-corrected chi connectivity index (χ0v) is 19.8. The standard InChI is InChI=1S/C24H25N5O5S/c30-23(17-6-4-9-19(16-17)35(32,33)28-12-14-34-15-13-28)25-26-24(31)22-20-10-5-11-21(20)29(27-22)18-7-2-1-3-8-18/h1-4,6-9,16H,5,10-15H2,(H,25,30)(H,26,31). The third-order valence-electron chi connectivity index (χ3n) is 6.14. The molecule has 1 fully saturated rings. The summed E-state index contributed by atoms with van der Waals surface area (Å²) in [5, 5.41) is 4.51. The van der Waals surface area contributed by atoms with E-state index >= 15 is 0 Å². The highest BCUT2D eigenvalue weighted by atomic mass is 32.2. The second kappa shape index (κ2) is 9.61. The van der Waals surface area contributed by atoms with Crippen molar-refractivity contribution >= 4 is 21.8 Å². The van der Waals surface area contributed by atoms with Crippen LogP contribution in [-0.4, -0.2) is 60.6 Å². The first-order chi connectivity index (χ1) is 16.9. The lowest BCUT2D eigenvalue weighted by Crippen LogP contribution is -2.42. The second-order valence-electron chi connectivity index (χ2n) is 8.33. The predicted octanol–water partition coefficient (Wildman–Crippen LogP) is 1.46. The van der Waals surface area contributed by atoms with Crippen LogP contribution in [0.3, 0.4) is 0 Å². The molecule has 3 aromatic rings. The summed E-state index contributed by atoms with van der Waals surface area (Å²) in [5.74, 6) is -1.15. The summed E-state index contributed by atoms with van der Waals surface area (Å²) >= 11 is 0. The highest BCUT2D eigenvalue weighted by molar-refractivity contribution is 7.89. The summed E-state index contributed by atoms with van der Waals surface area (Å²) in [5.41, 5.74) is 7.92. The fraction of sp³-hybridized carbons (Fsp3) is 0.292. The zero-order valence-electron chi connectivity index (χ0n) is 18.9. The first-order valence-electron chi connectivity index (χ1n) is 11.4. The van der Waals surface area contributed by atoms with Gasteiger partial charge in [-0.15, -0.1) is 0 Å². The van der Waals surface area contributed by atoms with E-state index in [1.165, 1.54) is 28.6 Å². The van der Waals surface area contributed by atoms with Crippen molar-refractivity contribution in [1.29, 1.82) is 0 Å². The molecule has 2 amide bonds. The molecule has 11 heteroatoms. The Morgan fingerprint density at radius 3 is 2.43 bits per heavy atom. The van der Waals surface area contributed by atoms with E-state index in [1.54, 1.807) is 4.68 Å². The van der Waals surface area contributed by atoms with Crippen LogP contribution < -0.4 is 10.9 Å². The number of carbonyl (C=O) groups is 2. The Morgan fingerprint density at radius 1 is 0.914 bits per heavy atom. The van der Waals surface area contributed by atoms with Gasteiger partial charge in [-0.25, -0.2) is 13.1 Å². The number of benzene rings is 2. The number of carbonyl (C=O) groups excluding carboxylic acids is 2. The number of sulfonamides is 1. The van der Waals surface area contributed by atoms with Gasteiger partial charge in [0.1, 0.15) is 0 Å². The minimum Gasteiger partial charge on any atom is -0.379 e. The maximum atomic E-state index is 12.9. The van der Waals surface area contributed by atoms with E-state index in [4.69, 9.17) is 4.74 Å². The Balaban J connectivity index is 1.30. The Hall–Kier alpha value is -3.54. The maximum Gasteiger partial charge on any atom is 0.290 e. The van der Waals surface area contributed by atoms with Crippen molar-refractivity contribution in [2.45, 2.75) is 24.2 Å². The number of nitrogens with one attached hydrogen (secondary N) is 2. The van der Waals surface area contributed by atoms with E-state index in [0.717, 1.165) is 36.2 Å². The fourth-order valence-electron chi connectivity index (χ4n) is 4.38. The first kappa shape index (κ1) is 23.2. The number of amides is 2. The lowest BCUT2D eigenvalue weighted by atomic mass is 10.2. The van der Waals surface area contributed by atoms with E-state index in [1.807, 2.05) is 30.3 Å². The molecule has 2 aliphatic rings. The van der Waals surface area contributed by atoms with Crippen molar-refractivity contribution in [1.82, 2.24) is 24.9 Å². The van der Waals surface area contributed by atoms with Gasteiger partial charge < -0.3 is 4.74 Å². The maximum absolute atomic E-state index is 12.9. The van der Waals surface area contributed by atoms with Gasteiger partial charge in [0.25, 0.3) is 11.8 Å². The van der Waals surface area contributed by atoms with Crippen LogP contribution in [0.2, 0.25) is 0 Å². The molecule has 0 bridgehead atoms. The number of hydrazine groups is 1. The van der Waals surface area contributed by atoms with Crippen molar-refractivity contribution in [3.63, 3.8) is 0 Å². The molecule has 2 N–H and O–H groups in total. The van der Waals surface area contributed by atoms with E-state index in [2.05, 4.69) is 16.0 Å². The topological polar surface area (TPSA) is 123 Å². The number of ether oxygens (including phenoxy) is 1. The highest BCUT2D eigenvalue weighted by Gasteiger charge is 2.28. The van der Waals surface area contributed by atoms with Crippen LogP contribution >= 0.6 is 0 Å². The van der Waals surface area contributed by atoms with Crippen LogP contribution in [-0.2, 0) is 27.6 Å². The molecule has 0 unspecified atom stereocenters. The molecule has 2 heterocycles. The fourth-order valence-corrected chi connectivity index (χ4v) is 5.84. The van der Waals surface area contributed by atoms with Gasteiger partial charge in [0.05, 0.1) is 23.8 Å². The molecule has 5 rings (SSSR count). The molecule has 1 aliphatic carbocycles.